The second-order valence-electron chi connectivity index (χ2n) is 7.46. The molecule has 1 nitrogen and oxygen atoms in total. The van der Waals surface area contributed by atoms with Gasteiger partial charge >= 0.3 is 0 Å². The highest BCUT2D eigenvalue weighted by molar-refractivity contribution is 6.38. The predicted octanol–water partition coefficient (Wildman–Crippen LogP) is 3.74. The lowest BCUT2D eigenvalue weighted by Crippen LogP contribution is -2.40. The summed E-state index contributed by atoms with van der Waals surface area (Å²) in [6.45, 7) is 13.3. The van der Waals surface area contributed by atoms with E-state index < -0.39 is 0 Å². The molecule has 0 aromatic heterocycles. The molecule has 108 valence electrons. The lowest BCUT2D eigenvalue weighted by atomic mass is 9.57. The number of fused-ring (bicyclic) bond motifs is 1. The molecule has 2 rings (SSSR count). The van der Waals surface area contributed by atoms with Gasteiger partial charge in [0.15, 0.2) is 7.28 Å². The van der Waals surface area contributed by atoms with Gasteiger partial charge in [0.2, 0.25) is 0 Å². The first-order chi connectivity index (χ1) is 9.35. The molecular weight excluding hydrogens is 241 g/mol. The van der Waals surface area contributed by atoms with E-state index in [0.29, 0.717) is 11.4 Å². The molecule has 1 atom stereocenters. The minimum absolute atomic E-state index is 0.390. The van der Waals surface area contributed by atoms with Crippen LogP contribution in [0.1, 0.15) is 50.3 Å². The number of nitrogens with one attached hydrogen (secondary N) is 1. The Morgan fingerprint density at radius 1 is 1.40 bits per heavy atom. The van der Waals surface area contributed by atoms with Crippen molar-refractivity contribution in [2.45, 2.75) is 59.2 Å². The number of hydrogen-bond donors (Lipinski definition) is 1. The van der Waals surface area contributed by atoms with E-state index in [2.05, 4.69) is 57.8 Å². The lowest BCUT2D eigenvalue weighted by Gasteiger charge is -2.28. The van der Waals surface area contributed by atoms with E-state index in [1.807, 2.05) is 0 Å². The van der Waals surface area contributed by atoms with Gasteiger partial charge < -0.3 is 5.32 Å². The average molecular weight is 269 g/mol. The van der Waals surface area contributed by atoms with Crippen molar-refractivity contribution in [3.63, 3.8) is 0 Å². The van der Waals surface area contributed by atoms with Gasteiger partial charge in [0, 0.05) is 11.6 Å². The normalized spacial score (nSPS) is 18.1. The van der Waals surface area contributed by atoms with E-state index in [0.717, 1.165) is 12.8 Å². The smallest absolute Gasteiger partial charge is 0.153 e. The molecule has 1 heterocycles. The Bertz CT molecular complexity index is 485. The Kier molecular flexibility index (Phi) is 4.62. The molecule has 0 fully saturated rings. The van der Waals surface area contributed by atoms with Crippen LogP contribution in [0.15, 0.2) is 30.5 Å². The van der Waals surface area contributed by atoms with E-state index in [9.17, 15) is 0 Å². The minimum Gasteiger partial charge on any atom is -0.393 e. The molecule has 1 aromatic carbocycles. The molecule has 2 heteroatoms. The van der Waals surface area contributed by atoms with Crippen LogP contribution in [0.3, 0.4) is 0 Å². The van der Waals surface area contributed by atoms with Crippen molar-refractivity contribution in [2.24, 2.45) is 5.41 Å². The molecule has 0 bridgehead atoms. The van der Waals surface area contributed by atoms with Gasteiger partial charge in [-0.15, -0.1) is 0 Å². The molecule has 1 unspecified atom stereocenters. The number of hydrogen-bond acceptors (Lipinski definition) is 1. The van der Waals surface area contributed by atoms with Crippen LogP contribution in [0, 0.1) is 12.3 Å². The van der Waals surface area contributed by atoms with Gasteiger partial charge in [-0.25, -0.2) is 0 Å². The molecule has 1 N–H and O–H groups in total. The molecule has 1 aromatic rings. The van der Waals surface area contributed by atoms with E-state index in [1.54, 1.807) is 5.56 Å². The van der Waals surface area contributed by atoms with Crippen molar-refractivity contribution < 1.29 is 0 Å². The van der Waals surface area contributed by atoms with Crippen LogP contribution in [0.5, 0.6) is 0 Å². The van der Waals surface area contributed by atoms with Crippen LogP contribution in [0.25, 0.3) is 0 Å². The molecule has 0 aliphatic carbocycles. The van der Waals surface area contributed by atoms with Crippen LogP contribution in [0.4, 0.5) is 0 Å². The number of aryl methyl sites for hydroxylation is 1. The van der Waals surface area contributed by atoms with Crippen molar-refractivity contribution >= 4 is 7.28 Å². The summed E-state index contributed by atoms with van der Waals surface area (Å²) in [5, 5.41) is 3.66. The van der Waals surface area contributed by atoms with Gasteiger partial charge in [0.1, 0.15) is 0 Å². The second kappa shape index (κ2) is 6.07. The van der Waals surface area contributed by atoms with Gasteiger partial charge in [-0.05, 0) is 54.6 Å². The monoisotopic (exact) mass is 269 g/mol. The highest BCUT2D eigenvalue weighted by Crippen LogP contribution is 2.24. The Hall–Kier alpha value is -1.18. The molecule has 0 saturated heterocycles. The highest BCUT2D eigenvalue weighted by Gasteiger charge is 2.21. The predicted molar refractivity (Wildman–Crippen MR) is 90.5 cm³/mol. The third-order valence-corrected chi connectivity index (χ3v) is 4.30. The van der Waals surface area contributed by atoms with Crippen molar-refractivity contribution in [1.82, 2.24) is 5.32 Å². The maximum Gasteiger partial charge on any atom is 0.153 e. The summed E-state index contributed by atoms with van der Waals surface area (Å²) >= 11 is 0. The summed E-state index contributed by atoms with van der Waals surface area (Å²) in [6, 6.07) is 6.70. The SMILES string of the molecule is C=C(CCC(C)(C)C)NC1BCc2c(C)cccc2C1. The van der Waals surface area contributed by atoms with E-state index in [-0.39, 0.29) is 0 Å². The lowest BCUT2D eigenvalue weighted by molar-refractivity contribution is 0.373. The molecule has 0 amide bonds. The fourth-order valence-corrected chi connectivity index (χ4v) is 3.01. The standard InChI is InChI=1S/C18H28BN/c1-13-7-6-8-15-11-17(19-12-16(13)15)20-14(2)9-10-18(3,4)5/h6-8,17,19-20H,2,9-12H2,1,3-5H3. The minimum atomic E-state index is 0.390. The van der Waals surface area contributed by atoms with E-state index >= 15 is 0 Å². The fraction of sp³-hybridized carbons (Fsp3) is 0.556. The first-order valence-electron chi connectivity index (χ1n) is 7.87. The van der Waals surface area contributed by atoms with Crippen molar-refractivity contribution in [3.05, 3.63) is 47.2 Å². The first kappa shape index (κ1) is 15.2. The van der Waals surface area contributed by atoms with Gasteiger partial charge in [0.05, 0.1) is 0 Å². The van der Waals surface area contributed by atoms with Crippen LogP contribution >= 0.6 is 0 Å². The van der Waals surface area contributed by atoms with Crippen LogP contribution in [0.2, 0.25) is 0 Å². The maximum atomic E-state index is 4.21. The molecule has 1 aliphatic heterocycles. The Balaban J connectivity index is 1.89. The van der Waals surface area contributed by atoms with E-state index in [1.165, 1.54) is 36.8 Å². The molecular formula is C18H28BN. The van der Waals surface area contributed by atoms with E-state index in [4.69, 9.17) is 0 Å². The largest absolute Gasteiger partial charge is 0.393 e. The third-order valence-electron chi connectivity index (χ3n) is 4.30. The number of allylic oxidation sites excluding steroid dienone is 1. The molecule has 0 spiro atoms. The zero-order chi connectivity index (χ0) is 14.8. The van der Waals surface area contributed by atoms with Crippen molar-refractivity contribution in [2.75, 3.05) is 0 Å². The Labute approximate surface area is 125 Å². The van der Waals surface area contributed by atoms with Gasteiger partial charge in [0.25, 0.3) is 0 Å². The molecule has 1 aliphatic rings. The summed E-state index contributed by atoms with van der Waals surface area (Å²) < 4.78 is 0. The highest BCUT2D eigenvalue weighted by atomic mass is 14.9. The summed E-state index contributed by atoms with van der Waals surface area (Å²) in [4.78, 5) is 0. The van der Waals surface area contributed by atoms with Gasteiger partial charge in [-0.3, -0.25) is 0 Å². The topological polar surface area (TPSA) is 12.0 Å². The van der Waals surface area contributed by atoms with Crippen LogP contribution in [-0.4, -0.2) is 13.2 Å². The fourth-order valence-electron chi connectivity index (χ4n) is 3.01. The third kappa shape index (κ3) is 4.16. The average Bonchev–Trinajstić information content (AvgIpc) is 2.36. The molecule has 0 saturated carbocycles. The zero-order valence-corrected chi connectivity index (χ0v) is 13.6. The quantitative estimate of drug-likeness (QED) is 0.821. The van der Waals surface area contributed by atoms with Crippen molar-refractivity contribution in [1.29, 1.82) is 0 Å². The summed E-state index contributed by atoms with van der Waals surface area (Å²) in [7, 11) is 1.23. The van der Waals surface area contributed by atoms with Crippen LogP contribution in [-0.2, 0) is 12.7 Å². The molecule has 20 heavy (non-hydrogen) atoms. The number of benzene rings is 1. The molecule has 0 radical (unpaired) electrons. The summed E-state index contributed by atoms with van der Waals surface area (Å²) in [5.74, 6) is 0.566. The summed E-state index contributed by atoms with van der Waals surface area (Å²) in [6.07, 6.45) is 4.62. The first-order valence-corrected chi connectivity index (χ1v) is 7.87. The second-order valence-corrected chi connectivity index (χ2v) is 7.46. The Morgan fingerprint density at radius 2 is 2.15 bits per heavy atom. The van der Waals surface area contributed by atoms with Crippen molar-refractivity contribution in [3.8, 4) is 0 Å². The van der Waals surface area contributed by atoms with Gasteiger partial charge in [-0.2, -0.15) is 0 Å². The summed E-state index contributed by atoms with van der Waals surface area (Å²) in [5.41, 5.74) is 6.15. The number of rotatable bonds is 4. The maximum absolute atomic E-state index is 4.21. The van der Waals surface area contributed by atoms with Gasteiger partial charge in [-0.1, -0.05) is 45.5 Å². The van der Waals surface area contributed by atoms with Crippen LogP contribution < -0.4 is 5.32 Å². The zero-order valence-electron chi connectivity index (χ0n) is 13.6. The Morgan fingerprint density at radius 3 is 2.85 bits per heavy atom.